The van der Waals surface area contributed by atoms with Crippen LogP contribution in [0.25, 0.3) is 11.1 Å². The summed E-state index contributed by atoms with van der Waals surface area (Å²) in [4.78, 5) is 40.7. The van der Waals surface area contributed by atoms with E-state index in [-0.39, 0.29) is 31.6 Å². The Hall–Kier alpha value is -4.33. The molecule has 42 heavy (non-hydrogen) atoms. The summed E-state index contributed by atoms with van der Waals surface area (Å²) < 4.78 is 11.5. The first kappa shape index (κ1) is 29.2. The number of fused-ring (bicyclic) bond motifs is 4. The van der Waals surface area contributed by atoms with Crippen LogP contribution in [0.1, 0.15) is 67.3 Å². The second-order valence-corrected chi connectivity index (χ2v) is 11.9. The van der Waals surface area contributed by atoms with E-state index in [1.807, 2.05) is 63.2 Å². The molecule has 1 aliphatic heterocycles. The molecule has 0 radical (unpaired) electrons. The molecule has 3 aromatic rings. The quantitative estimate of drug-likeness (QED) is 0.328. The van der Waals surface area contributed by atoms with Crippen LogP contribution >= 0.6 is 0 Å². The Morgan fingerprint density at radius 1 is 0.952 bits per heavy atom. The normalized spacial score (nSPS) is 14.0. The van der Waals surface area contributed by atoms with Gasteiger partial charge in [0.15, 0.2) is 0 Å². The topological polar surface area (TPSA) is 96.4 Å². The third kappa shape index (κ3) is 6.59. The molecule has 0 aromatic heterocycles. The molecule has 0 saturated carbocycles. The lowest BCUT2D eigenvalue weighted by atomic mass is 9.94. The number of hydrogen-bond acceptors (Lipinski definition) is 5. The lowest BCUT2D eigenvalue weighted by Crippen LogP contribution is -2.40. The fourth-order valence-corrected chi connectivity index (χ4v) is 5.87. The summed E-state index contributed by atoms with van der Waals surface area (Å²) in [6, 6.07) is 22.3. The van der Waals surface area contributed by atoms with Crippen LogP contribution in [0.2, 0.25) is 0 Å². The number of aliphatic carboxylic acids is 1. The maximum Gasteiger partial charge on any atom is 0.410 e. The molecule has 0 fully saturated rings. The van der Waals surface area contributed by atoms with E-state index in [0.29, 0.717) is 32.5 Å². The number of carboxylic acids is 1. The highest BCUT2D eigenvalue weighted by Gasteiger charge is 2.31. The standard InChI is InChI=1S/C34H38N2O6/c1-34(2,3)42-33(40)36-19-17-25-23(10-8-11-24(25)21-36)20-35(18-9-16-31(37)38)32(39)41-22-30-28-14-6-4-12-26(28)27-13-5-7-15-29(27)30/h4-8,10-15,30H,9,16-22H2,1-3H3,(H,37,38). The number of carbonyl (C=O) groups is 3. The van der Waals surface area contributed by atoms with E-state index in [2.05, 4.69) is 24.3 Å². The highest BCUT2D eigenvalue weighted by Crippen LogP contribution is 2.44. The van der Waals surface area contributed by atoms with Gasteiger partial charge in [-0.1, -0.05) is 66.7 Å². The summed E-state index contributed by atoms with van der Waals surface area (Å²) in [5.74, 6) is -0.965. The van der Waals surface area contributed by atoms with Gasteiger partial charge < -0.3 is 24.4 Å². The summed E-state index contributed by atoms with van der Waals surface area (Å²) in [6.45, 7) is 7.25. The van der Waals surface area contributed by atoms with Crippen LogP contribution in [-0.2, 0) is 33.8 Å². The average Bonchev–Trinajstić information content (AvgIpc) is 3.27. The van der Waals surface area contributed by atoms with Crippen molar-refractivity contribution in [2.45, 2.75) is 64.6 Å². The van der Waals surface area contributed by atoms with Gasteiger partial charge in [0.2, 0.25) is 0 Å². The molecule has 220 valence electrons. The van der Waals surface area contributed by atoms with E-state index in [1.54, 1.807) is 9.80 Å². The molecule has 5 rings (SSSR count). The molecule has 1 N–H and O–H groups in total. The van der Waals surface area contributed by atoms with Gasteiger partial charge in [-0.15, -0.1) is 0 Å². The number of carboxylic acid groups (broad SMARTS) is 1. The summed E-state index contributed by atoms with van der Waals surface area (Å²) >= 11 is 0. The Kier molecular flexibility index (Phi) is 8.52. The maximum absolute atomic E-state index is 13.5. The van der Waals surface area contributed by atoms with Crippen molar-refractivity contribution < 1.29 is 29.0 Å². The Balaban J connectivity index is 1.31. The minimum atomic E-state index is -0.901. The molecule has 0 unspecified atom stereocenters. The minimum absolute atomic E-state index is 0.0368. The minimum Gasteiger partial charge on any atom is -0.481 e. The Labute approximate surface area is 246 Å². The van der Waals surface area contributed by atoms with Crippen LogP contribution in [-0.4, -0.2) is 58.4 Å². The predicted octanol–water partition coefficient (Wildman–Crippen LogP) is 6.60. The van der Waals surface area contributed by atoms with E-state index in [9.17, 15) is 19.5 Å². The lowest BCUT2D eigenvalue weighted by Gasteiger charge is -2.33. The fourth-order valence-electron chi connectivity index (χ4n) is 5.87. The van der Waals surface area contributed by atoms with E-state index < -0.39 is 17.7 Å². The van der Waals surface area contributed by atoms with Crippen molar-refractivity contribution in [3.8, 4) is 11.1 Å². The first-order valence-corrected chi connectivity index (χ1v) is 14.5. The number of nitrogens with zero attached hydrogens (tertiary/aromatic N) is 2. The van der Waals surface area contributed by atoms with Crippen molar-refractivity contribution in [1.82, 2.24) is 9.80 Å². The number of rotatable bonds is 8. The molecule has 0 spiro atoms. The smallest absolute Gasteiger partial charge is 0.410 e. The van der Waals surface area contributed by atoms with Gasteiger partial charge in [-0.3, -0.25) is 4.79 Å². The van der Waals surface area contributed by atoms with Gasteiger partial charge in [0, 0.05) is 38.5 Å². The first-order chi connectivity index (χ1) is 20.1. The number of benzene rings is 3. The Morgan fingerprint density at radius 2 is 1.62 bits per heavy atom. The molecule has 8 nitrogen and oxygen atoms in total. The van der Waals surface area contributed by atoms with Crippen LogP contribution < -0.4 is 0 Å². The highest BCUT2D eigenvalue weighted by molar-refractivity contribution is 5.79. The summed E-state index contributed by atoms with van der Waals surface area (Å²) in [7, 11) is 0. The second-order valence-electron chi connectivity index (χ2n) is 11.9. The van der Waals surface area contributed by atoms with E-state index in [1.165, 1.54) is 0 Å². The van der Waals surface area contributed by atoms with Crippen molar-refractivity contribution >= 4 is 18.2 Å². The van der Waals surface area contributed by atoms with Crippen LogP contribution in [0.15, 0.2) is 66.7 Å². The molecular formula is C34H38N2O6. The summed E-state index contributed by atoms with van der Waals surface area (Å²) in [5, 5.41) is 9.21. The molecule has 1 aliphatic carbocycles. The van der Waals surface area contributed by atoms with Gasteiger partial charge in [0.1, 0.15) is 12.2 Å². The summed E-state index contributed by atoms with van der Waals surface area (Å²) in [6.07, 6.45) is 0.114. The Bertz CT molecular complexity index is 1430. The molecule has 2 aliphatic rings. The average molecular weight is 571 g/mol. The van der Waals surface area contributed by atoms with Crippen molar-refractivity contribution in [2.24, 2.45) is 0 Å². The van der Waals surface area contributed by atoms with Gasteiger partial charge in [0.25, 0.3) is 0 Å². The molecule has 2 amide bonds. The molecule has 1 heterocycles. The van der Waals surface area contributed by atoms with Crippen LogP contribution in [0.4, 0.5) is 9.59 Å². The lowest BCUT2D eigenvalue weighted by molar-refractivity contribution is -0.137. The largest absolute Gasteiger partial charge is 0.481 e. The number of carbonyl (C=O) groups excluding carboxylic acids is 2. The zero-order chi connectivity index (χ0) is 29.9. The van der Waals surface area contributed by atoms with Crippen molar-refractivity contribution in [2.75, 3.05) is 19.7 Å². The number of ether oxygens (including phenoxy) is 2. The zero-order valence-electron chi connectivity index (χ0n) is 24.5. The maximum atomic E-state index is 13.5. The SMILES string of the molecule is CC(C)(C)OC(=O)N1CCc2c(CN(CCCC(=O)O)C(=O)OCC3c4ccccc4-c4ccccc43)cccc2C1. The first-order valence-electron chi connectivity index (χ1n) is 14.5. The monoisotopic (exact) mass is 570 g/mol. The fraction of sp³-hybridized carbons (Fsp3) is 0.382. The van der Waals surface area contributed by atoms with Crippen LogP contribution in [0.5, 0.6) is 0 Å². The summed E-state index contributed by atoms with van der Waals surface area (Å²) in [5.41, 5.74) is 7.10. The van der Waals surface area contributed by atoms with Gasteiger partial charge in [-0.2, -0.15) is 0 Å². The van der Waals surface area contributed by atoms with E-state index in [4.69, 9.17) is 9.47 Å². The van der Waals surface area contributed by atoms with Crippen molar-refractivity contribution in [1.29, 1.82) is 0 Å². The van der Waals surface area contributed by atoms with Crippen molar-refractivity contribution in [3.05, 3.63) is 94.5 Å². The van der Waals surface area contributed by atoms with Crippen LogP contribution in [0, 0.1) is 0 Å². The molecule has 3 aromatic carbocycles. The molecule has 8 heteroatoms. The van der Waals surface area contributed by atoms with E-state index in [0.717, 1.165) is 38.9 Å². The molecule has 0 bridgehead atoms. The van der Waals surface area contributed by atoms with Crippen molar-refractivity contribution in [3.63, 3.8) is 0 Å². The van der Waals surface area contributed by atoms with Gasteiger partial charge in [-0.25, -0.2) is 9.59 Å². The molecule has 0 atom stereocenters. The molecular weight excluding hydrogens is 532 g/mol. The highest BCUT2D eigenvalue weighted by atomic mass is 16.6. The zero-order valence-corrected chi connectivity index (χ0v) is 24.5. The Morgan fingerprint density at radius 3 is 2.26 bits per heavy atom. The third-order valence-corrected chi connectivity index (χ3v) is 7.79. The molecule has 0 saturated heterocycles. The number of hydrogen-bond donors (Lipinski definition) is 1. The second kappa shape index (κ2) is 12.3. The third-order valence-electron chi connectivity index (χ3n) is 7.79. The van der Waals surface area contributed by atoms with Crippen LogP contribution in [0.3, 0.4) is 0 Å². The van der Waals surface area contributed by atoms with Gasteiger partial charge >= 0.3 is 18.2 Å². The van der Waals surface area contributed by atoms with Gasteiger partial charge in [-0.05, 0) is 72.6 Å². The number of amides is 2. The van der Waals surface area contributed by atoms with E-state index >= 15 is 0 Å². The predicted molar refractivity (Wildman–Crippen MR) is 159 cm³/mol. The van der Waals surface area contributed by atoms with Gasteiger partial charge in [0.05, 0.1) is 0 Å².